The van der Waals surface area contributed by atoms with Crippen molar-refractivity contribution in [3.8, 4) is 0 Å². The van der Waals surface area contributed by atoms with Gasteiger partial charge >= 0.3 is 0 Å². The number of likely N-dealkylation sites (N-methyl/N-ethyl adjacent to an activating group) is 1. The molecule has 8 nitrogen and oxygen atoms in total. The lowest BCUT2D eigenvalue weighted by Crippen LogP contribution is -2.45. The SMILES string of the molecule is Cc1nc2ccccc2n1[C@@H]1C[C@H]2CC[C@@H](C1)N2C[C@@H]1C[C@@]1(CN(C)S(=O)(=O)c1cn(C)cn1)c1cccc(Cl)c1. The fraction of sp³-hybridized carbons (Fsp3) is 0.484. The van der Waals surface area contributed by atoms with Gasteiger partial charge in [-0.15, -0.1) is 0 Å². The van der Waals surface area contributed by atoms with Crippen molar-refractivity contribution in [2.45, 2.75) is 67.6 Å². The van der Waals surface area contributed by atoms with E-state index >= 15 is 0 Å². The Kier molecular flexibility index (Phi) is 6.57. The molecule has 1 saturated carbocycles. The van der Waals surface area contributed by atoms with Gasteiger partial charge in [-0.25, -0.2) is 18.4 Å². The summed E-state index contributed by atoms with van der Waals surface area (Å²) in [6.45, 7) is 3.52. The number of hydrogen-bond acceptors (Lipinski definition) is 5. The molecule has 0 amide bonds. The number of rotatable bonds is 8. The maximum absolute atomic E-state index is 13.4. The zero-order chi connectivity index (χ0) is 28.5. The van der Waals surface area contributed by atoms with Crippen LogP contribution in [0.1, 0.15) is 49.5 Å². The molecule has 4 heterocycles. The molecule has 0 radical (unpaired) electrons. The van der Waals surface area contributed by atoms with Gasteiger partial charge in [-0.1, -0.05) is 35.9 Å². The molecule has 2 aromatic carbocycles. The highest BCUT2D eigenvalue weighted by Gasteiger charge is 2.58. The zero-order valence-electron chi connectivity index (χ0n) is 23.8. The van der Waals surface area contributed by atoms with Gasteiger partial charge in [0.15, 0.2) is 5.03 Å². The molecule has 2 saturated heterocycles. The van der Waals surface area contributed by atoms with Gasteiger partial charge in [0, 0.05) is 61.9 Å². The molecule has 216 valence electrons. The van der Waals surface area contributed by atoms with Gasteiger partial charge < -0.3 is 9.13 Å². The third kappa shape index (κ3) is 4.61. The standard InChI is InChI=1S/C31H37ClN6O2S/c1-21-34-28-9-4-5-10-29(28)38(21)27-14-25-11-12-26(15-27)37(25)17-23-16-31(23,22-7-6-8-24(32)13-22)19-36(3)41(39,40)30-18-35(2)20-33-30/h4-10,13,18,20,23,25-27H,11-12,14-17,19H2,1-3H3/t23-,25-,26+,27-,31+/m0/s1. The van der Waals surface area contributed by atoms with E-state index in [1.165, 1.54) is 29.0 Å². The van der Waals surface area contributed by atoms with Gasteiger partial charge in [0.2, 0.25) is 0 Å². The summed E-state index contributed by atoms with van der Waals surface area (Å²) in [5.41, 5.74) is 3.17. The summed E-state index contributed by atoms with van der Waals surface area (Å²) in [6.07, 6.45) is 8.73. The second-order valence-corrected chi connectivity index (χ2v) is 14.9. The van der Waals surface area contributed by atoms with Crippen LogP contribution in [0.3, 0.4) is 0 Å². The first kappa shape index (κ1) is 27.1. The minimum Gasteiger partial charge on any atom is -0.339 e. The van der Waals surface area contributed by atoms with Crippen molar-refractivity contribution < 1.29 is 8.42 Å². The first-order valence-corrected chi connectivity index (χ1v) is 16.4. The van der Waals surface area contributed by atoms with Gasteiger partial charge in [0.25, 0.3) is 10.0 Å². The molecule has 2 aliphatic heterocycles. The first-order valence-electron chi connectivity index (χ1n) is 14.6. The maximum atomic E-state index is 13.4. The molecule has 7 rings (SSSR count). The minimum atomic E-state index is -3.70. The van der Waals surface area contributed by atoms with Gasteiger partial charge in [0.1, 0.15) is 5.82 Å². The molecular formula is C31H37ClN6O2S. The molecule has 0 N–H and O–H groups in total. The van der Waals surface area contributed by atoms with E-state index < -0.39 is 10.0 Å². The zero-order valence-corrected chi connectivity index (χ0v) is 25.4. The molecular weight excluding hydrogens is 556 g/mol. The Morgan fingerprint density at radius 1 is 1.07 bits per heavy atom. The van der Waals surface area contributed by atoms with Gasteiger partial charge in [-0.3, -0.25) is 4.90 Å². The highest BCUT2D eigenvalue weighted by Crippen LogP contribution is 2.57. The summed E-state index contributed by atoms with van der Waals surface area (Å²) in [6, 6.07) is 18.0. The average Bonchev–Trinajstić information content (AvgIpc) is 3.14. The highest BCUT2D eigenvalue weighted by atomic mass is 35.5. The molecule has 5 atom stereocenters. The topological polar surface area (TPSA) is 76.3 Å². The van der Waals surface area contributed by atoms with E-state index in [9.17, 15) is 8.42 Å². The van der Waals surface area contributed by atoms with Crippen LogP contribution in [-0.2, 0) is 22.5 Å². The Balaban J connectivity index is 1.12. The van der Waals surface area contributed by atoms with Gasteiger partial charge in [0.05, 0.1) is 17.4 Å². The summed E-state index contributed by atoms with van der Waals surface area (Å²) in [7, 11) is -0.242. The molecule has 2 bridgehead atoms. The van der Waals surface area contributed by atoms with Crippen molar-refractivity contribution in [2.24, 2.45) is 13.0 Å². The van der Waals surface area contributed by atoms with Crippen LogP contribution in [0.25, 0.3) is 11.0 Å². The average molecular weight is 593 g/mol. The number of sulfonamides is 1. The van der Waals surface area contributed by atoms with Crippen LogP contribution in [0, 0.1) is 12.8 Å². The van der Waals surface area contributed by atoms with E-state index in [1.807, 2.05) is 18.2 Å². The molecule has 41 heavy (non-hydrogen) atoms. The number of nitrogens with zero attached hydrogens (tertiary/aromatic N) is 6. The molecule has 3 fully saturated rings. The number of benzene rings is 2. The minimum absolute atomic E-state index is 0.0865. The van der Waals surface area contributed by atoms with Crippen LogP contribution in [0.4, 0.5) is 0 Å². The van der Waals surface area contributed by atoms with Crippen molar-refractivity contribution >= 4 is 32.7 Å². The summed E-state index contributed by atoms with van der Waals surface area (Å²) >= 11 is 6.46. The molecule has 0 spiro atoms. The third-order valence-electron chi connectivity index (χ3n) is 9.92. The smallest absolute Gasteiger partial charge is 0.261 e. The number of halogens is 1. The van der Waals surface area contributed by atoms with E-state index in [-0.39, 0.29) is 10.4 Å². The van der Waals surface area contributed by atoms with Crippen molar-refractivity contribution in [3.63, 3.8) is 0 Å². The Hall–Kier alpha value is -2.72. The monoisotopic (exact) mass is 592 g/mol. The van der Waals surface area contributed by atoms with Gasteiger partial charge in [-0.05, 0) is 74.8 Å². The van der Waals surface area contributed by atoms with Crippen LogP contribution in [0.2, 0.25) is 5.02 Å². The predicted molar refractivity (Wildman–Crippen MR) is 161 cm³/mol. The second-order valence-electron chi connectivity index (χ2n) is 12.4. The number of imidazole rings is 2. The lowest BCUT2D eigenvalue weighted by atomic mass is 9.91. The van der Waals surface area contributed by atoms with Crippen molar-refractivity contribution in [1.29, 1.82) is 0 Å². The molecule has 4 aromatic rings. The Labute approximate surface area is 247 Å². The number of aryl methyl sites for hydroxylation is 2. The first-order chi connectivity index (χ1) is 19.7. The summed E-state index contributed by atoms with van der Waals surface area (Å²) in [5, 5.41) is 0.773. The van der Waals surface area contributed by atoms with E-state index in [4.69, 9.17) is 16.6 Å². The molecule has 1 aliphatic carbocycles. The quantitative estimate of drug-likeness (QED) is 0.282. The molecule has 0 unspecified atom stereocenters. The maximum Gasteiger partial charge on any atom is 0.261 e. The number of hydrogen-bond donors (Lipinski definition) is 0. The van der Waals surface area contributed by atoms with Crippen LogP contribution in [0.15, 0.2) is 66.1 Å². The fourth-order valence-corrected chi connectivity index (χ4v) is 9.25. The van der Waals surface area contributed by atoms with E-state index in [0.29, 0.717) is 35.6 Å². The third-order valence-corrected chi connectivity index (χ3v) is 11.8. The summed E-state index contributed by atoms with van der Waals surface area (Å²) in [5.74, 6) is 1.46. The summed E-state index contributed by atoms with van der Waals surface area (Å²) < 4.78 is 32.5. The number of piperidine rings is 1. The van der Waals surface area contributed by atoms with Crippen molar-refractivity contribution in [2.75, 3.05) is 20.1 Å². The number of aromatic nitrogens is 4. The molecule has 3 aliphatic rings. The fourth-order valence-electron chi connectivity index (χ4n) is 7.86. The van der Waals surface area contributed by atoms with E-state index in [1.54, 1.807) is 24.9 Å². The van der Waals surface area contributed by atoms with Crippen molar-refractivity contribution in [3.05, 3.63) is 77.5 Å². The predicted octanol–water partition coefficient (Wildman–Crippen LogP) is 5.18. The summed E-state index contributed by atoms with van der Waals surface area (Å²) in [4.78, 5) is 11.7. The van der Waals surface area contributed by atoms with Crippen molar-refractivity contribution in [1.82, 2.24) is 28.3 Å². The van der Waals surface area contributed by atoms with E-state index in [0.717, 1.165) is 42.7 Å². The molecule has 10 heteroatoms. The van der Waals surface area contributed by atoms with Crippen LogP contribution in [0.5, 0.6) is 0 Å². The number of fused-ring (bicyclic) bond motifs is 3. The Morgan fingerprint density at radius 2 is 1.83 bits per heavy atom. The van der Waals surface area contributed by atoms with Crippen LogP contribution >= 0.6 is 11.6 Å². The molecule has 2 aromatic heterocycles. The van der Waals surface area contributed by atoms with Gasteiger partial charge in [-0.2, -0.15) is 4.31 Å². The van der Waals surface area contributed by atoms with Crippen LogP contribution < -0.4 is 0 Å². The second kappa shape index (κ2) is 9.93. The highest BCUT2D eigenvalue weighted by molar-refractivity contribution is 7.89. The lowest BCUT2D eigenvalue weighted by Gasteiger charge is -2.40. The lowest BCUT2D eigenvalue weighted by molar-refractivity contribution is 0.0989. The van der Waals surface area contributed by atoms with Crippen LogP contribution in [-0.4, -0.2) is 68.9 Å². The Bertz CT molecular complexity index is 1700. The number of para-hydroxylation sites is 2. The largest absolute Gasteiger partial charge is 0.339 e. The normalized spacial score (nSPS) is 28.1. The Morgan fingerprint density at radius 3 is 2.54 bits per heavy atom. The van der Waals surface area contributed by atoms with E-state index in [2.05, 4.69) is 51.7 Å².